The monoisotopic (exact) mass is 536 g/mol. The van der Waals surface area contributed by atoms with Crippen LogP contribution in [0.25, 0.3) is 0 Å². The molecule has 0 heterocycles. The number of aliphatic imine (C=N–C) groups is 1. The van der Waals surface area contributed by atoms with E-state index < -0.39 is 11.7 Å². The third-order valence-corrected chi connectivity index (χ3v) is 3.77. The van der Waals surface area contributed by atoms with Crippen molar-refractivity contribution in [1.82, 2.24) is 16.0 Å². The van der Waals surface area contributed by atoms with Crippen LogP contribution in [0.15, 0.2) is 23.2 Å². The van der Waals surface area contributed by atoms with Gasteiger partial charge in [0, 0.05) is 26.2 Å². The van der Waals surface area contributed by atoms with E-state index in [2.05, 4.69) is 20.9 Å². The highest BCUT2D eigenvalue weighted by molar-refractivity contribution is 14.0. The second-order valence-electron chi connectivity index (χ2n) is 7.41. The van der Waals surface area contributed by atoms with Gasteiger partial charge in [0.05, 0.1) is 14.2 Å². The van der Waals surface area contributed by atoms with E-state index in [4.69, 9.17) is 14.2 Å². The summed E-state index contributed by atoms with van der Waals surface area (Å²) in [7, 11) is 3.26. The predicted octanol–water partition coefficient (Wildman–Crippen LogP) is 3.33. The molecule has 0 fully saturated rings. The molecule has 0 aliphatic carbocycles. The second kappa shape index (κ2) is 15.0. The summed E-state index contributed by atoms with van der Waals surface area (Å²) in [6, 6.07) is 5.91. The number of hydrogen-bond donors (Lipinski definition) is 3. The van der Waals surface area contributed by atoms with E-state index in [1.807, 2.05) is 45.9 Å². The summed E-state index contributed by atoms with van der Waals surface area (Å²) in [5.74, 6) is 2.20. The Bertz CT molecular complexity index is 663. The van der Waals surface area contributed by atoms with Crippen molar-refractivity contribution in [3.63, 3.8) is 0 Å². The minimum absolute atomic E-state index is 0. The fourth-order valence-electron chi connectivity index (χ4n) is 2.48. The average molecular weight is 536 g/mol. The van der Waals surface area contributed by atoms with Crippen LogP contribution in [0.2, 0.25) is 0 Å². The largest absolute Gasteiger partial charge is 0.493 e. The van der Waals surface area contributed by atoms with Crippen LogP contribution >= 0.6 is 24.0 Å². The summed E-state index contributed by atoms with van der Waals surface area (Å²) < 4.78 is 15.8. The zero-order valence-corrected chi connectivity index (χ0v) is 21.3. The van der Waals surface area contributed by atoms with Gasteiger partial charge in [-0.25, -0.2) is 4.79 Å². The molecule has 0 aromatic heterocycles. The highest BCUT2D eigenvalue weighted by Crippen LogP contribution is 2.27. The molecule has 0 unspecified atom stereocenters. The number of amides is 1. The Morgan fingerprint density at radius 3 is 2.33 bits per heavy atom. The van der Waals surface area contributed by atoms with Crippen LogP contribution in [0, 0.1) is 0 Å². The molecule has 0 radical (unpaired) electrons. The van der Waals surface area contributed by atoms with E-state index >= 15 is 0 Å². The van der Waals surface area contributed by atoms with Gasteiger partial charge in [0.25, 0.3) is 0 Å². The van der Waals surface area contributed by atoms with Crippen LogP contribution in [0.3, 0.4) is 0 Å². The summed E-state index contributed by atoms with van der Waals surface area (Å²) in [5, 5.41) is 9.28. The van der Waals surface area contributed by atoms with Gasteiger partial charge in [-0.1, -0.05) is 6.07 Å². The molecule has 30 heavy (non-hydrogen) atoms. The lowest BCUT2D eigenvalue weighted by Gasteiger charge is -2.19. The maximum absolute atomic E-state index is 11.6. The third-order valence-electron chi connectivity index (χ3n) is 3.77. The van der Waals surface area contributed by atoms with Gasteiger partial charge < -0.3 is 30.2 Å². The molecule has 0 aliphatic heterocycles. The molecular formula is C21H37IN4O4. The molecule has 9 heteroatoms. The fraction of sp³-hybridized carbons (Fsp3) is 0.619. The molecule has 0 saturated heterocycles. The number of benzene rings is 1. The molecule has 0 atom stereocenters. The number of ether oxygens (including phenoxy) is 3. The van der Waals surface area contributed by atoms with E-state index in [0.717, 1.165) is 49.0 Å². The first-order valence-electron chi connectivity index (χ1n) is 9.99. The van der Waals surface area contributed by atoms with Crippen LogP contribution < -0.4 is 25.4 Å². The standard InChI is InChI=1S/C21H36N4O4.HI/c1-7-22-19(23-12-8-13-25-20(26)29-21(2,3)4)24-14-11-16-9-10-17(27-5)18(15-16)28-6;/h9-10,15H,7-8,11-14H2,1-6H3,(H,25,26)(H2,22,23,24);1H. The Morgan fingerprint density at radius 2 is 1.73 bits per heavy atom. The predicted molar refractivity (Wildman–Crippen MR) is 132 cm³/mol. The maximum Gasteiger partial charge on any atom is 0.407 e. The van der Waals surface area contributed by atoms with E-state index in [0.29, 0.717) is 13.1 Å². The lowest BCUT2D eigenvalue weighted by Crippen LogP contribution is -2.38. The summed E-state index contributed by atoms with van der Waals surface area (Å²) in [4.78, 5) is 16.1. The molecular weight excluding hydrogens is 499 g/mol. The Hall–Kier alpha value is -1.91. The van der Waals surface area contributed by atoms with Crippen LogP contribution in [-0.2, 0) is 11.2 Å². The zero-order chi connectivity index (χ0) is 21.7. The van der Waals surface area contributed by atoms with Gasteiger partial charge in [-0.05, 0) is 58.2 Å². The summed E-state index contributed by atoms with van der Waals surface area (Å²) in [6.45, 7) is 10.2. The van der Waals surface area contributed by atoms with Crippen molar-refractivity contribution in [3.05, 3.63) is 23.8 Å². The fourth-order valence-corrected chi connectivity index (χ4v) is 2.48. The van der Waals surface area contributed by atoms with E-state index in [-0.39, 0.29) is 24.0 Å². The number of methoxy groups -OCH3 is 2. The molecule has 0 aliphatic rings. The average Bonchev–Trinajstić information content (AvgIpc) is 2.66. The lowest BCUT2D eigenvalue weighted by atomic mass is 10.1. The number of alkyl carbamates (subject to hydrolysis) is 1. The summed E-state index contributed by atoms with van der Waals surface area (Å²) >= 11 is 0. The number of guanidine groups is 1. The van der Waals surface area contributed by atoms with Gasteiger partial charge in [-0.2, -0.15) is 0 Å². The maximum atomic E-state index is 11.6. The highest BCUT2D eigenvalue weighted by Gasteiger charge is 2.15. The number of halogens is 1. The molecule has 3 N–H and O–H groups in total. The van der Waals surface area contributed by atoms with Crippen molar-refractivity contribution in [3.8, 4) is 11.5 Å². The molecule has 0 saturated carbocycles. The topological polar surface area (TPSA) is 93.2 Å². The molecule has 1 amide bonds. The number of hydrogen-bond acceptors (Lipinski definition) is 5. The van der Waals surface area contributed by atoms with Crippen LogP contribution in [0.1, 0.15) is 39.7 Å². The SMILES string of the molecule is CCNC(=NCCCNC(=O)OC(C)(C)C)NCCc1ccc(OC)c(OC)c1.I. The molecule has 1 rings (SSSR count). The number of rotatable bonds is 10. The molecule has 8 nitrogen and oxygen atoms in total. The van der Waals surface area contributed by atoms with Gasteiger partial charge in [-0.3, -0.25) is 4.99 Å². The van der Waals surface area contributed by atoms with Crippen molar-refractivity contribution in [1.29, 1.82) is 0 Å². The van der Waals surface area contributed by atoms with E-state index in [1.54, 1.807) is 14.2 Å². The first-order chi connectivity index (χ1) is 13.8. The normalized spacial score (nSPS) is 11.2. The Balaban J connectivity index is 0.00000841. The van der Waals surface area contributed by atoms with Crippen LogP contribution in [0.4, 0.5) is 4.79 Å². The number of carbonyl (C=O) groups excluding carboxylic acids is 1. The minimum Gasteiger partial charge on any atom is -0.493 e. The number of nitrogens with one attached hydrogen (secondary N) is 3. The van der Waals surface area contributed by atoms with Gasteiger partial charge >= 0.3 is 6.09 Å². The molecule has 1 aromatic carbocycles. The van der Waals surface area contributed by atoms with E-state index in [1.165, 1.54) is 0 Å². The van der Waals surface area contributed by atoms with Crippen LogP contribution in [0.5, 0.6) is 11.5 Å². The molecule has 0 bridgehead atoms. The van der Waals surface area contributed by atoms with Crippen molar-refractivity contribution in [2.24, 2.45) is 4.99 Å². The van der Waals surface area contributed by atoms with E-state index in [9.17, 15) is 4.79 Å². The van der Waals surface area contributed by atoms with Crippen molar-refractivity contribution in [2.45, 2.75) is 46.1 Å². The smallest absolute Gasteiger partial charge is 0.407 e. The minimum atomic E-state index is -0.488. The first-order valence-corrected chi connectivity index (χ1v) is 9.99. The number of nitrogens with zero attached hydrogens (tertiary/aromatic N) is 1. The summed E-state index contributed by atoms with van der Waals surface area (Å²) in [5.41, 5.74) is 0.658. The van der Waals surface area contributed by atoms with Crippen LogP contribution in [-0.4, -0.2) is 58.1 Å². The van der Waals surface area contributed by atoms with Gasteiger partial charge in [0.15, 0.2) is 17.5 Å². The Morgan fingerprint density at radius 1 is 1.03 bits per heavy atom. The summed E-state index contributed by atoms with van der Waals surface area (Å²) in [6.07, 6.45) is 1.15. The zero-order valence-electron chi connectivity index (χ0n) is 19.0. The second-order valence-corrected chi connectivity index (χ2v) is 7.41. The quantitative estimate of drug-likeness (QED) is 0.184. The molecule has 172 valence electrons. The first kappa shape index (κ1) is 28.1. The molecule has 0 spiro atoms. The highest BCUT2D eigenvalue weighted by atomic mass is 127. The Labute approximate surface area is 197 Å². The van der Waals surface area contributed by atoms with Crippen molar-refractivity contribution < 1.29 is 19.0 Å². The van der Waals surface area contributed by atoms with Gasteiger partial charge in [0.2, 0.25) is 0 Å². The van der Waals surface area contributed by atoms with Crippen molar-refractivity contribution >= 4 is 36.0 Å². The number of carbonyl (C=O) groups is 1. The van der Waals surface area contributed by atoms with Crippen molar-refractivity contribution in [2.75, 3.05) is 40.4 Å². The molecule has 1 aromatic rings. The van der Waals surface area contributed by atoms with Gasteiger partial charge in [-0.15, -0.1) is 24.0 Å². The Kier molecular flexibility index (Phi) is 14.0. The van der Waals surface area contributed by atoms with Gasteiger partial charge in [0.1, 0.15) is 5.60 Å². The lowest BCUT2D eigenvalue weighted by molar-refractivity contribution is 0.0527. The third kappa shape index (κ3) is 11.9.